The van der Waals surface area contributed by atoms with Crippen LogP contribution in [0.25, 0.3) is 0 Å². The van der Waals surface area contributed by atoms with Crippen molar-refractivity contribution in [2.75, 3.05) is 10.2 Å². The highest BCUT2D eigenvalue weighted by Gasteiger charge is 2.32. The average molecular weight is 358 g/mol. The number of rotatable bonds is 1. The predicted octanol–water partition coefficient (Wildman–Crippen LogP) is 1.06. The van der Waals surface area contributed by atoms with E-state index in [4.69, 9.17) is 4.74 Å². The molecule has 0 saturated carbocycles. The Hall–Kier alpha value is -3.36. The summed E-state index contributed by atoms with van der Waals surface area (Å²) in [5.41, 5.74) is 0.456. The second kappa shape index (κ2) is 5.87. The summed E-state index contributed by atoms with van der Waals surface area (Å²) in [6.07, 6.45) is 0. The van der Waals surface area contributed by atoms with Crippen molar-refractivity contribution in [3.05, 3.63) is 38.5 Å². The van der Waals surface area contributed by atoms with Gasteiger partial charge in [-0.2, -0.15) is 0 Å². The molecule has 1 aromatic carbocycles. The van der Waals surface area contributed by atoms with Crippen molar-refractivity contribution in [2.24, 2.45) is 14.1 Å². The van der Waals surface area contributed by atoms with Crippen LogP contribution in [0.3, 0.4) is 0 Å². The minimum atomic E-state index is -0.585. The lowest BCUT2D eigenvalue weighted by atomic mass is 10.1. The van der Waals surface area contributed by atoms with Crippen molar-refractivity contribution in [2.45, 2.75) is 20.8 Å². The molecular weight excluding hydrogens is 340 g/mol. The number of hydrogen-bond donors (Lipinski definition) is 1. The van der Waals surface area contributed by atoms with E-state index in [2.05, 4.69) is 5.32 Å². The van der Waals surface area contributed by atoms with E-state index in [0.717, 1.165) is 4.57 Å². The number of esters is 1. The second-order valence-corrected chi connectivity index (χ2v) is 6.11. The fourth-order valence-electron chi connectivity index (χ4n) is 2.97. The highest BCUT2D eigenvalue weighted by molar-refractivity contribution is 6.07. The Labute approximate surface area is 148 Å². The number of aryl methyl sites for hydroxylation is 1. The number of nitrogens with one attached hydrogen (secondary N) is 1. The summed E-state index contributed by atoms with van der Waals surface area (Å²) >= 11 is 0. The first kappa shape index (κ1) is 17.5. The Bertz CT molecular complexity index is 1080. The number of amides is 1. The first-order valence-corrected chi connectivity index (χ1v) is 7.84. The smallest absolute Gasteiger partial charge is 0.332 e. The number of nitrogens with zero attached hydrogens (tertiary/aromatic N) is 3. The van der Waals surface area contributed by atoms with Gasteiger partial charge in [-0.05, 0) is 18.6 Å². The molecule has 26 heavy (non-hydrogen) atoms. The van der Waals surface area contributed by atoms with E-state index in [1.165, 1.54) is 37.4 Å². The summed E-state index contributed by atoms with van der Waals surface area (Å²) in [6, 6.07) is 3.21. The zero-order valence-electron chi connectivity index (χ0n) is 15.0. The maximum atomic E-state index is 12.7. The van der Waals surface area contributed by atoms with Crippen LogP contribution in [0.4, 0.5) is 22.9 Å². The molecule has 0 unspecified atom stereocenters. The molecule has 0 aliphatic carbocycles. The molecule has 9 heteroatoms. The van der Waals surface area contributed by atoms with Crippen LogP contribution in [-0.4, -0.2) is 21.0 Å². The van der Waals surface area contributed by atoms with Gasteiger partial charge in [0.25, 0.3) is 5.56 Å². The SMILES string of the molecule is CC(=O)Oc1cc2c(cc1C)N(C(C)=O)c1c(n(C)c(=O)n(C)c1=O)N2. The quantitative estimate of drug-likeness (QED) is 0.604. The highest BCUT2D eigenvalue weighted by Crippen LogP contribution is 2.44. The summed E-state index contributed by atoms with van der Waals surface area (Å²) in [6.45, 7) is 4.35. The molecule has 2 aromatic rings. The van der Waals surface area contributed by atoms with Crippen LogP contribution in [0.2, 0.25) is 0 Å². The van der Waals surface area contributed by atoms with Crippen molar-refractivity contribution < 1.29 is 14.3 Å². The van der Waals surface area contributed by atoms with Gasteiger partial charge in [0.15, 0.2) is 5.69 Å². The maximum absolute atomic E-state index is 12.7. The molecule has 1 aromatic heterocycles. The van der Waals surface area contributed by atoms with Crippen molar-refractivity contribution in [3.8, 4) is 5.75 Å². The van der Waals surface area contributed by atoms with Crippen molar-refractivity contribution in [1.29, 1.82) is 0 Å². The lowest BCUT2D eigenvalue weighted by molar-refractivity contribution is -0.131. The third-order valence-electron chi connectivity index (χ3n) is 4.22. The second-order valence-electron chi connectivity index (χ2n) is 6.11. The van der Waals surface area contributed by atoms with Crippen LogP contribution >= 0.6 is 0 Å². The van der Waals surface area contributed by atoms with E-state index < -0.39 is 17.2 Å². The number of aromatic nitrogens is 2. The topological polar surface area (TPSA) is 103 Å². The molecular formula is C17H18N4O5. The normalized spacial score (nSPS) is 12.1. The summed E-state index contributed by atoms with van der Waals surface area (Å²) in [7, 11) is 2.85. The number of carbonyl (C=O) groups excluding carboxylic acids is 2. The zero-order valence-corrected chi connectivity index (χ0v) is 15.0. The van der Waals surface area contributed by atoms with E-state index >= 15 is 0 Å². The van der Waals surface area contributed by atoms with Crippen molar-refractivity contribution >= 4 is 34.8 Å². The minimum absolute atomic E-state index is 0.0641. The number of fused-ring (bicyclic) bond motifs is 2. The van der Waals surface area contributed by atoms with Crippen LogP contribution in [0.5, 0.6) is 5.75 Å². The van der Waals surface area contributed by atoms with E-state index in [9.17, 15) is 19.2 Å². The van der Waals surface area contributed by atoms with Gasteiger partial charge in [0.05, 0.1) is 11.4 Å². The Morgan fingerprint density at radius 3 is 2.31 bits per heavy atom. The molecule has 0 spiro atoms. The number of hydrogen-bond acceptors (Lipinski definition) is 6. The maximum Gasteiger partial charge on any atom is 0.332 e. The molecule has 3 rings (SSSR count). The van der Waals surface area contributed by atoms with Gasteiger partial charge in [-0.3, -0.25) is 28.4 Å². The monoisotopic (exact) mass is 358 g/mol. The van der Waals surface area contributed by atoms with E-state index in [-0.39, 0.29) is 17.4 Å². The van der Waals surface area contributed by atoms with Gasteiger partial charge in [-0.15, -0.1) is 0 Å². The molecule has 1 aliphatic heterocycles. The van der Waals surface area contributed by atoms with E-state index in [1.54, 1.807) is 19.1 Å². The summed E-state index contributed by atoms with van der Waals surface area (Å²) in [5, 5.41) is 3.01. The summed E-state index contributed by atoms with van der Waals surface area (Å²) in [5.74, 6) is -0.346. The predicted molar refractivity (Wildman–Crippen MR) is 95.5 cm³/mol. The third-order valence-corrected chi connectivity index (χ3v) is 4.22. The van der Waals surface area contributed by atoms with Gasteiger partial charge >= 0.3 is 11.7 Å². The zero-order chi connectivity index (χ0) is 19.3. The van der Waals surface area contributed by atoms with Crippen LogP contribution in [0.1, 0.15) is 19.4 Å². The first-order valence-electron chi connectivity index (χ1n) is 7.84. The molecule has 0 fully saturated rings. The largest absolute Gasteiger partial charge is 0.426 e. The van der Waals surface area contributed by atoms with Crippen LogP contribution in [-0.2, 0) is 23.7 Å². The molecule has 1 aliphatic rings. The molecule has 0 atom stereocenters. The van der Waals surface area contributed by atoms with Crippen LogP contribution in [0.15, 0.2) is 21.7 Å². The summed E-state index contributed by atoms with van der Waals surface area (Å²) < 4.78 is 7.37. The van der Waals surface area contributed by atoms with Crippen molar-refractivity contribution in [1.82, 2.24) is 9.13 Å². The Kier molecular flexibility index (Phi) is 3.94. The number of carbonyl (C=O) groups is 2. The molecule has 1 amide bonds. The molecule has 136 valence electrons. The number of benzene rings is 1. The van der Waals surface area contributed by atoms with E-state index in [0.29, 0.717) is 22.7 Å². The van der Waals surface area contributed by atoms with Gasteiger partial charge in [0.2, 0.25) is 5.91 Å². The lowest BCUT2D eigenvalue weighted by Crippen LogP contribution is -2.44. The van der Waals surface area contributed by atoms with Gasteiger partial charge in [-0.1, -0.05) is 0 Å². The average Bonchev–Trinajstić information content (AvgIpc) is 2.56. The fourth-order valence-corrected chi connectivity index (χ4v) is 2.97. The van der Waals surface area contributed by atoms with Gasteiger partial charge in [0.1, 0.15) is 11.6 Å². The lowest BCUT2D eigenvalue weighted by Gasteiger charge is -2.32. The molecule has 9 nitrogen and oxygen atoms in total. The minimum Gasteiger partial charge on any atom is -0.426 e. The Morgan fingerprint density at radius 2 is 1.73 bits per heavy atom. The molecule has 0 bridgehead atoms. The van der Waals surface area contributed by atoms with Crippen LogP contribution in [0, 0.1) is 6.92 Å². The number of ether oxygens (including phenoxy) is 1. The van der Waals surface area contributed by atoms with Gasteiger partial charge in [-0.25, -0.2) is 4.79 Å². The Balaban J connectivity index is 2.34. The third kappa shape index (κ3) is 2.48. The molecule has 1 N–H and O–H groups in total. The van der Waals surface area contributed by atoms with Crippen molar-refractivity contribution in [3.63, 3.8) is 0 Å². The van der Waals surface area contributed by atoms with Gasteiger partial charge < -0.3 is 10.1 Å². The molecule has 2 heterocycles. The fraction of sp³-hybridized carbons (Fsp3) is 0.294. The van der Waals surface area contributed by atoms with Gasteiger partial charge in [0, 0.05) is 34.0 Å². The first-order chi connectivity index (χ1) is 12.1. The molecule has 0 saturated heterocycles. The van der Waals surface area contributed by atoms with E-state index in [1.807, 2.05) is 0 Å². The standard InChI is InChI=1S/C17H18N4O5/c1-8-6-12-11(7-13(8)26-10(3)23)18-15-14(21(12)9(2)22)16(24)20(5)17(25)19(15)4/h6-7,18H,1-5H3. The highest BCUT2D eigenvalue weighted by atomic mass is 16.5. The number of anilines is 4. The van der Waals surface area contributed by atoms with Crippen LogP contribution < -0.4 is 26.2 Å². The summed E-state index contributed by atoms with van der Waals surface area (Å²) in [4.78, 5) is 49.8. The Morgan fingerprint density at radius 1 is 1.08 bits per heavy atom. The molecule has 0 radical (unpaired) electrons.